The van der Waals surface area contributed by atoms with Gasteiger partial charge in [0.05, 0.1) is 0 Å². The molecule has 0 aromatic carbocycles. The molecular formula is C34H64S2SiSn2. The molecule has 0 fully saturated rings. The molecule has 0 saturated heterocycles. The van der Waals surface area contributed by atoms with Crippen molar-refractivity contribution in [1.82, 2.24) is 0 Å². The zero-order valence-electron chi connectivity index (χ0n) is 27.4. The number of hydrogen-bond donors (Lipinski definition) is 0. The van der Waals surface area contributed by atoms with Crippen LogP contribution in [0.2, 0.25) is 26.6 Å². The fourth-order valence-electron chi connectivity index (χ4n) is 6.89. The Morgan fingerprint density at radius 2 is 1.03 bits per heavy atom. The van der Waals surface area contributed by atoms with Crippen molar-refractivity contribution < 1.29 is 0 Å². The second kappa shape index (κ2) is 18.9. The molecule has 2 rings (SSSR count). The molecule has 0 amide bonds. The van der Waals surface area contributed by atoms with E-state index in [9.17, 15) is 0 Å². The molecule has 1 aliphatic heterocycles. The van der Waals surface area contributed by atoms with Crippen LogP contribution in [-0.2, 0) is 0 Å². The van der Waals surface area contributed by atoms with Crippen molar-refractivity contribution in [2.45, 2.75) is 159 Å². The second-order valence-electron chi connectivity index (χ2n) is 12.7. The average Bonchev–Trinajstić information content (AvgIpc) is 3.46. The molecule has 1 aromatic rings. The van der Waals surface area contributed by atoms with Crippen LogP contribution in [0.3, 0.4) is 0 Å². The van der Waals surface area contributed by atoms with Crippen LogP contribution < -0.4 is 2.89 Å². The minimum atomic E-state index is -2.41. The van der Waals surface area contributed by atoms with Gasteiger partial charge in [-0.25, -0.2) is 0 Å². The van der Waals surface area contributed by atoms with Crippen molar-refractivity contribution in [3.63, 3.8) is 0 Å². The van der Waals surface area contributed by atoms with E-state index in [2.05, 4.69) is 90.7 Å². The quantitative estimate of drug-likeness (QED) is 0.109. The van der Waals surface area contributed by atoms with E-state index in [1.165, 1.54) is 77.0 Å². The third-order valence-electron chi connectivity index (χ3n) is 9.44. The van der Waals surface area contributed by atoms with Gasteiger partial charge in [-0.15, -0.1) is 0 Å². The van der Waals surface area contributed by atoms with Gasteiger partial charge in [0.2, 0.25) is 0 Å². The van der Waals surface area contributed by atoms with Gasteiger partial charge in [-0.05, 0) is 0 Å². The van der Waals surface area contributed by atoms with Gasteiger partial charge < -0.3 is 0 Å². The van der Waals surface area contributed by atoms with Gasteiger partial charge in [0.1, 0.15) is 0 Å². The Balaban J connectivity index is 2.53. The standard InChI is InChI=1S/C10H10S2Si.6C4H9.2Sn/c1-7-3-5-11-9(7)10-8(2)4-6-12(10)13;6*1-3-4-2;;/h3-4H,13H2,1-2H3;6*1,3-4H2,2H3;;. The summed E-state index contributed by atoms with van der Waals surface area (Å²) in [5.74, 6) is 0. The molecule has 0 aliphatic carbocycles. The summed E-state index contributed by atoms with van der Waals surface area (Å²) < 4.78 is 13.6. The Bertz CT molecular complexity index is 915. The van der Waals surface area contributed by atoms with Crippen LogP contribution in [0.5, 0.6) is 0 Å². The number of thiophene rings is 1. The first-order valence-corrected chi connectivity index (χ1v) is 35.8. The summed E-state index contributed by atoms with van der Waals surface area (Å²) in [4.78, 5) is 3.52. The van der Waals surface area contributed by atoms with Crippen molar-refractivity contribution in [3.8, 4) is 0 Å². The number of rotatable bonds is 21. The molecule has 1 atom stereocenters. The molecule has 1 unspecified atom stereocenters. The second-order valence-corrected chi connectivity index (χ2v) is 45.5. The summed E-state index contributed by atoms with van der Waals surface area (Å²) in [6.45, 7) is 19.5. The maximum atomic E-state index is 2.81. The van der Waals surface area contributed by atoms with E-state index in [0.29, 0.717) is 9.89 Å². The summed E-state index contributed by atoms with van der Waals surface area (Å²) in [6, 6.07) is 2.76. The monoisotopic (exact) mass is 804 g/mol. The van der Waals surface area contributed by atoms with Gasteiger partial charge in [0.15, 0.2) is 0 Å². The van der Waals surface area contributed by atoms with E-state index in [1.54, 1.807) is 47.5 Å². The Kier molecular flexibility index (Phi) is 17.7. The van der Waals surface area contributed by atoms with Crippen molar-refractivity contribution in [2.24, 2.45) is 0 Å². The van der Waals surface area contributed by atoms with Gasteiger partial charge in [-0.3, -0.25) is 0 Å². The zero-order valence-corrected chi connectivity index (χ0v) is 36.2. The minimum absolute atomic E-state index is 0.347. The van der Waals surface area contributed by atoms with Crippen LogP contribution in [-0.4, -0.2) is 45.7 Å². The molecule has 1 aliphatic rings. The maximum absolute atomic E-state index is 2.81. The molecule has 0 bridgehead atoms. The Morgan fingerprint density at radius 1 is 0.641 bits per heavy atom. The van der Waals surface area contributed by atoms with Gasteiger partial charge in [-0.1, -0.05) is 0 Å². The molecule has 5 heteroatoms. The predicted molar refractivity (Wildman–Crippen MR) is 195 cm³/mol. The molecule has 2 heterocycles. The summed E-state index contributed by atoms with van der Waals surface area (Å²) in [7, 11) is 2.74. The molecule has 39 heavy (non-hydrogen) atoms. The van der Waals surface area contributed by atoms with Crippen LogP contribution in [0.4, 0.5) is 0 Å². The van der Waals surface area contributed by atoms with Crippen LogP contribution in [0.15, 0.2) is 20.6 Å². The van der Waals surface area contributed by atoms with Crippen molar-refractivity contribution >= 4 is 74.7 Å². The van der Waals surface area contributed by atoms with Crippen LogP contribution >= 0.6 is 21.2 Å². The van der Waals surface area contributed by atoms with Gasteiger partial charge in [0, 0.05) is 0 Å². The number of hydrogen-bond acceptors (Lipinski definition) is 1. The Morgan fingerprint density at radius 3 is 1.41 bits per heavy atom. The number of aryl methyl sites for hydroxylation is 1. The Hall–Kier alpha value is 1.34. The van der Waals surface area contributed by atoms with Gasteiger partial charge in [0.25, 0.3) is 0 Å². The van der Waals surface area contributed by atoms with Gasteiger partial charge >= 0.3 is 265 Å². The van der Waals surface area contributed by atoms with Crippen LogP contribution in [0.25, 0.3) is 4.91 Å². The third-order valence-corrected chi connectivity index (χ3v) is 54.6. The normalized spacial score (nSPS) is 16.4. The topological polar surface area (TPSA) is 0 Å². The van der Waals surface area contributed by atoms with E-state index in [1.807, 2.05) is 2.89 Å². The van der Waals surface area contributed by atoms with Crippen molar-refractivity contribution in [2.75, 3.05) is 0 Å². The van der Waals surface area contributed by atoms with E-state index in [0.717, 1.165) is 0 Å². The molecule has 0 radical (unpaired) electrons. The van der Waals surface area contributed by atoms with E-state index < -0.39 is 36.8 Å². The van der Waals surface area contributed by atoms with Gasteiger partial charge in [-0.2, -0.15) is 0 Å². The SMILES string of the molecule is CCC[CH2][Sn]([CH2]CCC)([CH2]CCC)[C]1=CC(C)=C(c2s[c]([Sn]([CH2]CCC)([CH2]CCC)[CH2]CCC)cc2C)S1=[SiH2]. The van der Waals surface area contributed by atoms with Crippen molar-refractivity contribution in [3.05, 3.63) is 31.1 Å². The summed E-state index contributed by atoms with van der Waals surface area (Å²) in [5.41, 5.74) is 3.28. The Labute approximate surface area is 262 Å². The molecule has 0 saturated carbocycles. The molecule has 0 spiro atoms. The average molecular weight is 803 g/mol. The van der Waals surface area contributed by atoms with E-state index in [-0.39, 0.29) is 0 Å². The third kappa shape index (κ3) is 9.67. The van der Waals surface area contributed by atoms with Crippen LogP contribution in [0.1, 0.15) is 136 Å². The summed E-state index contributed by atoms with van der Waals surface area (Å²) in [5, 5.41) is 0. The molecule has 224 valence electrons. The summed E-state index contributed by atoms with van der Waals surface area (Å²) >= 11 is -2.48. The first kappa shape index (κ1) is 36.5. The van der Waals surface area contributed by atoms with E-state index in [4.69, 9.17) is 0 Å². The van der Waals surface area contributed by atoms with E-state index >= 15 is 0 Å². The molecular weight excluding hydrogens is 738 g/mol. The number of unbranched alkanes of at least 4 members (excludes halogenated alkanes) is 6. The first-order valence-electron chi connectivity index (χ1n) is 16.9. The predicted octanol–water partition coefficient (Wildman–Crippen LogP) is 11.9. The summed E-state index contributed by atoms with van der Waals surface area (Å²) in [6.07, 6.45) is 19.8. The fourth-order valence-corrected chi connectivity index (χ4v) is 59.5. The van der Waals surface area contributed by atoms with Crippen molar-refractivity contribution in [1.29, 1.82) is 0 Å². The molecule has 0 nitrogen and oxygen atoms in total. The zero-order chi connectivity index (χ0) is 28.9. The number of allylic oxidation sites excluding steroid dienone is 2. The van der Waals surface area contributed by atoms with Crippen LogP contribution in [0, 0.1) is 6.92 Å². The molecule has 0 N–H and O–H groups in total. The molecule has 1 aromatic heterocycles. The fraction of sp³-hybridized carbons (Fsp3) is 0.765. The first-order chi connectivity index (χ1) is 18.8.